The van der Waals surface area contributed by atoms with Crippen molar-refractivity contribution in [2.24, 2.45) is 29.1 Å². The molecule has 0 N–H and O–H groups in total. The van der Waals surface area contributed by atoms with Gasteiger partial charge in [0.1, 0.15) is 0 Å². The Morgan fingerprint density at radius 3 is 1.80 bits per heavy atom. The molecule has 0 aromatic rings. The second-order valence-electron chi connectivity index (χ2n) is 8.70. The molecular formula is C20H40. The Labute approximate surface area is 129 Å². The molecule has 1 saturated carbocycles. The lowest BCUT2D eigenvalue weighted by molar-refractivity contribution is 0.132. The molecule has 0 spiro atoms. The first-order valence-corrected chi connectivity index (χ1v) is 9.35. The molecule has 1 fully saturated rings. The summed E-state index contributed by atoms with van der Waals surface area (Å²) >= 11 is 0. The summed E-state index contributed by atoms with van der Waals surface area (Å²) in [6, 6.07) is 0. The molecule has 2 unspecified atom stereocenters. The van der Waals surface area contributed by atoms with Gasteiger partial charge in [-0.25, -0.2) is 0 Å². The van der Waals surface area contributed by atoms with Crippen molar-refractivity contribution >= 4 is 0 Å². The molecule has 120 valence electrons. The van der Waals surface area contributed by atoms with Gasteiger partial charge >= 0.3 is 0 Å². The molecular weight excluding hydrogens is 240 g/mol. The predicted molar refractivity (Wildman–Crippen MR) is 92.0 cm³/mol. The third-order valence-corrected chi connectivity index (χ3v) is 5.89. The van der Waals surface area contributed by atoms with Crippen LogP contribution in [0.25, 0.3) is 0 Å². The lowest BCUT2D eigenvalue weighted by atomic mass is 9.68. The second kappa shape index (κ2) is 8.44. The molecule has 0 aromatic heterocycles. The highest BCUT2D eigenvalue weighted by Crippen LogP contribution is 2.41. The molecule has 0 aromatic carbocycles. The fraction of sp³-hybridized carbons (Fsp3) is 1.00. The number of hydrogen-bond acceptors (Lipinski definition) is 0. The minimum absolute atomic E-state index is 0.541. The van der Waals surface area contributed by atoms with Crippen molar-refractivity contribution in [2.45, 2.75) is 99.3 Å². The topological polar surface area (TPSA) is 0 Å². The van der Waals surface area contributed by atoms with E-state index in [4.69, 9.17) is 0 Å². The van der Waals surface area contributed by atoms with Crippen molar-refractivity contribution in [1.82, 2.24) is 0 Å². The summed E-state index contributed by atoms with van der Waals surface area (Å²) < 4.78 is 0. The van der Waals surface area contributed by atoms with E-state index in [2.05, 4.69) is 41.5 Å². The Hall–Kier alpha value is 0. The van der Waals surface area contributed by atoms with E-state index in [9.17, 15) is 0 Å². The van der Waals surface area contributed by atoms with E-state index in [0.29, 0.717) is 5.41 Å². The highest BCUT2D eigenvalue weighted by atomic mass is 14.4. The van der Waals surface area contributed by atoms with Gasteiger partial charge in [0, 0.05) is 0 Å². The van der Waals surface area contributed by atoms with Crippen molar-refractivity contribution in [2.75, 3.05) is 0 Å². The Morgan fingerprint density at radius 1 is 0.850 bits per heavy atom. The molecule has 0 amide bonds. The lowest BCUT2D eigenvalue weighted by Crippen LogP contribution is -2.27. The molecule has 0 heterocycles. The molecule has 0 nitrogen and oxygen atoms in total. The summed E-state index contributed by atoms with van der Waals surface area (Å²) in [6.45, 7) is 14.9. The zero-order valence-electron chi connectivity index (χ0n) is 15.2. The Balaban J connectivity index is 2.67. The van der Waals surface area contributed by atoms with Crippen LogP contribution in [0.5, 0.6) is 0 Å². The maximum absolute atomic E-state index is 2.54. The van der Waals surface area contributed by atoms with E-state index >= 15 is 0 Å². The predicted octanol–water partition coefficient (Wildman–Crippen LogP) is 7.08. The van der Waals surface area contributed by atoms with Crippen molar-refractivity contribution in [1.29, 1.82) is 0 Å². The molecule has 1 rings (SSSR count). The van der Waals surface area contributed by atoms with Gasteiger partial charge in [-0.15, -0.1) is 0 Å². The molecule has 20 heavy (non-hydrogen) atoms. The molecule has 0 aliphatic heterocycles. The van der Waals surface area contributed by atoms with Gasteiger partial charge in [0.2, 0.25) is 0 Å². The summed E-state index contributed by atoms with van der Waals surface area (Å²) in [7, 11) is 0. The third-order valence-electron chi connectivity index (χ3n) is 5.89. The van der Waals surface area contributed by atoms with E-state index in [-0.39, 0.29) is 0 Å². The van der Waals surface area contributed by atoms with Crippen molar-refractivity contribution < 1.29 is 0 Å². The van der Waals surface area contributed by atoms with Crippen LogP contribution >= 0.6 is 0 Å². The number of hydrogen-bond donors (Lipinski definition) is 0. The minimum Gasteiger partial charge on any atom is -0.0654 e. The fourth-order valence-corrected chi connectivity index (χ4v) is 4.53. The van der Waals surface area contributed by atoms with Gasteiger partial charge < -0.3 is 0 Å². The Kier molecular flexibility index (Phi) is 7.62. The van der Waals surface area contributed by atoms with Crippen molar-refractivity contribution in [3.63, 3.8) is 0 Å². The molecule has 2 atom stereocenters. The molecule has 0 heteroatoms. The van der Waals surface area contributed by atoms with Crippen LogP contribution < -0.4 is 0 Å². The van der Waals surface area contributed by atoms with Gasteiger partial charge in [-0.05, 0) is 41.9 Å². The maximum Gasteiger partial charge on any atom is -0.0351 e. The van der Waals surface area contributed by atoms with Gasteiger partial charge in [0.15, 0.2) is 0 Å². The van der Waals surface area contributed by atoms with Crippen LogP contribution in [0, 0.1) is 29.1 Å². The van der Waals surface area contributed by atoms with E-state index < -0.39 is 0 Å². The third kappa shape index (κ3) is 6.19. The van der Waals surface area contributed by atoms with E-state index in [1.165, 1.54) is 57.8 Å². The summed E-state index contributed by atoms with van der Waals surface area (Å²) in [4.78, 5) is 0. The lowest BCUT2D eigenvalue weighted by Gasteiger charge is -2.37. The van der Waals surface area contributed by atoms with Crippen LogP contribution in [0.4, 0.5) is 0 Å². The van der Waals surface area contributed by atoms with Crippen LogP contribution in [0.1, 0.15) is 99.3 Å². The largest absolute Gasteiger partial charge is 0.0654 e. The SMILES string of the molecule is CCCC(C)(C)CC1C(C)CCCC(C)CCCC1C. The first kappa shape index (κ1) is 18.1. The van der Waals surface area contributed by atoms with Crippen LogP contribution in [0.2, 0.25) is 0 Å². The molecule has 0 saturated heterocycles. The smallest absolute Gasteiger partial charge is 0.0351 e. The Bertz CT molecular complexity index is 237. The van der Waals surface area contributed by atoms with E-state index in [1.54, 1.807) is 0 Å². The van der Waals surface area contributed by atoms with E-state index in [1.807, 2.05) is 0 Å². The number of rotatable bonds is 4. The summed E-state index contributed by atoms with van der Waals surface area (Å²) in [6.07, 6.45) is 12.9. The average Bonchev–Trinajstić information content (AvgIpc) is 2.34. The summed E-state index contributed by atoms with van der Waals surface area (Å²) in [5.74, 6) is 3.75. The zero-order valence-corrected chi connectivity index (χ0v) is 15.2. The highest BCUT2D eigenvalue weighted by Gasteiger charge is 2.30. The van der Waals surface area contributed by atoms with Gasteiger partial charge in [-0.1, -0.05) is 86.5 Å². The zero-order chi connectivity index (χ0) is 15.2. The van der Waals surface area contributed by atoms with Crippen LogP contribution in [-0.2, 0) is 0 Å². The van der Waals surface area contributed by atoms with Gasteiger partial charge in [0.05, 0.1) is 0 Å². The molecule has 1 aliphatic rings. The first-order valence-electron chi connectivity index (χ1n) is 9.35. The van der Waals surface area contributed by atoms with Crippen LogP contribution in [-0.4, -0.2) is 0 Å². The maximum atomic E-state index is 2.54. The second-order valence-corrected chi connectivity index (χ2v) is 8.70. The summed E-state index contributed by atoms with van der Waals surface area (Å²) in [5, 5.41) is 0. The minimum atomic E-state index is 0.541. The van der Waals surface area contributed by atoms with Crippen molar-refractivity contribution in [3.05, 3.63) is 0 Å². The first-order chi connectivity index (χ1) is 9.35. The average molecular weight is 281 g/mol. The normalized spacial score (nSPS) is 33.9. The molecule has 1 aliphatic carbocycles. The van der Waals surface area contributed by atoms with Crippen molar-refractivity contribution in [3.8, 4) is 0 Å². The van der Waals surface area contributed by atoms with E-state index in [0.717, 1.165) is 23.7 Å². The Morgan fingerprint density at radius 2 is 1.35 bits per heavy atom. The molecule has 0 radical (unpaired) electrons. The molecule has 0 bridgehead atoms. The van der Waals surface area contributed by atoms with Gasteiger partial charge in [-0.2, -0.15) is 0 Å². The fourth-order valence-electron chi connectivity index (χ4n) is 4.53. The van der Waals surface area contributed by atoms with Gasteiger partial charge in [-0.3, -0.25) is 0 Å². The standard InChI is InChI=1S/C20H40/c1-7-14-20(5,6)15-19-17(3)12-8-10-16(2)11-9-13-18(19)4/h16-19H,7-15H2,1-6H3. The quantitative estimate of drug-likeness (QED) is 0.516. The monoisotopic (exact) mass is 280 g/mol. The summed E-state index contributed by atoms with van der Waals surface area (Å²) in [5.41, 5.74) is 0.541. The van der Waals surface area contributed by atoms with Gasteiger partial charge in [0.25, 0.3) is 0 Å². The van der Waals surface area contributed by atoms with Crippen LogP contribution in [0.3, 0.4) is 0 Å². The highest BCUT2D eigenvalue weighted by molar-refractivity contribution is 4.81. The van der Waals surface area contributed by atoms with Crippen LogP contribution in [0.15, 0.2) is 0 Å².